The first-order valence-electron chi connectivity index (χ1n) is 10.4. The van der Waals surface area contributed by atoms with Crippen molar-refractivity contribution in [3.05, 3.63) is 95.1 Å². The summed E-state index contributed by atoms with van der Waals surface area (Å²) in [6, 6.07) is 17.6. The normalized spacial score (nSPS) is 10.9. The summed E-state index contributed by atoms with van der Waals surface area (Å²) in [5.74, 6) is -4.39. The number of amides is 1. The number of ether oxygens (including phenoxy) is 2. The minimum absolute atomic E-state index is 0.0185. The summed E-state index contributed by atoms with van der Waals surface area (Å²) in [6.07, 6.45) is -5.31. The number of carbonyl (C=O) groups is 3. The van der Waals surface area contributed by atoms with E-state index in [4.69, 9.17) is 15.9 Å². The number of hydrogen-bond acceptors (Lipinski definition) is 6. The van der Waals surface area contributed by atoms with Crippen molar-refractivity contribution >= 4 is 23.5 Å². The molecule has 3 aromatic carbocycles. The first-order chi connectivity index (χ1) is 17.1. The van der Waals surface area contributed by atoms with Gasteiger partial charge in [-0.05, 0) is 30.3 Å². The Morgan fingerprint density at radius 1 is 0.889 bits per heavy atom. The monoisotopic (exact) mass is 499 g/mol. The highest BCUT2D eigenvalue weighted by atomic mass is 19.4. The van der Waals surface area contributed by atoms with Crippen molar-refractivity contribution in [2.24, 2.45) is 5.73 Å². The van der Waals surface area contributed by atoms with Gasteiger partial charge in [0.2, 0.25) is 0 Å². The average Bonchev–Trinajstić information content (AvgIpc) is 2.86. The van der Waals surface area contributed by atoms with E-state index in [1.165, 1.54) is 24.3 Å². The van der Waals surface area contributed by atoms with Gasteiger partial charge in [-0.2, -0.15) is 13.2 Å². The van der Waals surface area contributed by atoms with Crippen LogP contribution in [0, 0.1) is 5.41 Å². The van der Waals surface area contributed by atoms with Gasteiger partial charge in [-0.1, -0.05) is 42.5 Å². The summed E-state index contributed by atoms with van der Waals surface area (Å²) in [4.78, 5) is 36.8. The van der Waals surface area contributed by atoms with Crippen molar-refractivity contribution in [3.8, 4) is 11.5 Å². The molecule has 0 aromatic heterocycles. The maximum atomic E-state index is 12.8. The minimum Gasteiger partial charge on any atom is -0.492 e. The van der Waals surface area contributed by atoms with Crippen LogP contribution in [-0.2, 0) is 4.79 Å². The van der Waals surface area contributed by atoms with E-state index in [0.717, 1.165) is 12.1 Å². The highest BCUT2D eigenvalue weighted by Crippen LogP contribution is 2.26. The Labute approximate surface area is 203 Å². The predicted molar refractivity (Wildman–Crippen MR) is 123 cm³/mol. The second kappa shape index (κ2) is 11.2. The molecule has 186 valence electrons. The SMILES string of the molecule is N=C(N)c1cccc(OCCNC(=O)c2ccc(C(=O)c3ccccc3)cc2OC(=O)C(F)(F)F)c1. The van der Waals surface area contributed by atoms with Gasteiger partial charge in [-0.25, -0.2) is 4.79 Å². The quantitative estimate of drug-likeness (QED) is 0.103. The van der Waals surface area contributed by atoms with Crippen molar-refractivity contribution < 1.29 is 37.0 Å². The molecule has 4 N–H and O–H groups in total. The predicted octanol–water partition coefficient (Wildman–Crippen LogP) is 3.48. The topological polar surface area (TPSA) is 132 Å². The summed E-state index contributed by atoms with van der Waals surface area (Å²) in [7, 11) is 0. The van der Waals surface area contributed by atoms with E-state index in [1.807, 2.05) is 0 Å². The molecular formula is C25H20F3N3O5. The molecular weight excluding hydrogens is 479 g/mol. The Balaban J connectivity index is 1.74. The van der Waals surface area contributed by atoms with E-state index in [1.54, 1.807) is 36.4 Å². The fraction of sp³-hybridized carbons (Fsp3) is 0.120. The van der Waals surface area contributed by atoms with Gasteiger partial charge < -0.3 is 20.5 Å². The number of hydrogen-bond donors (Lipinski definition) is 3. The van der Waals surface area contributed by atoms with Crippen molar-refractivity contribution in [1.29, 1.82) is 5.41 Å². The maximum Gasteiger partial charge on any atom is 0.491 e. The molecule has 0 aliphatic heterocycles. The van der Waals surface area contributed by atoms with Crippen LogP contribution < -0.4 is 20.5 Å². The van der Waals surface area contributed by atoms with Gasteiger partial charge >= 0.3 is 12.1 Å². The number of rotatable bonds is 9. The molecule has 11 heteroatoms. The number of halogens is 3. The number of ketones is 1. The van der Waals surface area contributed by atoms with E-state index in [0.29, 0.717) is 11.3 Å². The number of nitrogen functional groups attached to an aromatic ring is 1. The lowest BCUT2D eigenvalue weighted by molar-refractivity contribution is -0.189. The Morgan fingerprint density at radius 2 is 1.58 bits per heavy atom. The zero-order valence-corrected chi connectivity index (χ0v) is 18.6. The number of esters is 1. The van der Waals surface area contributed by atoms with Crippen LogP contribution in [-0.4, -0.2) is 42.8 Å². The number of amidine groups is 1. The highest BCUT2D eigenvalue weighted by molar-refractivity contribution is 6.10. The second-order valence-corrected chi connectivity index (χ2v) is 7.34. The summed E-state index contributed by atoms with van der Waals surface area (Å²) in [5.41, 5.74) is 5.67. The molecule has 0 saturated carbocycles. The third kappa shape index (κ3) is 6.69. The summed E-state index contributed by atoms with van der Waals surface area (Å²) in [6.45, 7) is -0.0736. The third-order valence-corrected chi connectivity index (χ3v) is 4.76. The first kappa shape index (κ1) is 25.9. The molecule has 0 spiro atoms. The third-order valence-electron chi connectivity index (χ3n) is 4.76. The molecule has 0 unspecified atom stereocenters. The smallest absolute Gasteiger partial charge is 0.491 e. The Morgan fingerprint density at radius 3 is 2.25 bits per heavy atom. The molecule has 0 atom stereocenters. The van der Waals surface area contributed by atoms with Gasteiger partial charge in [-0.15, -0.1) is 0 Å². The van der Waals surface area contributed by atoms with E-state index in [2.05, 4.69) is 10.1 Å². The van der Waals surface area contributed by atoms with E-state index in [-0.39, 0.29) is 35.7 Å². The van der Waals surface area contributed by atoms with E-state index in [9.17, 15) is 27.6 Å². The van der Waals surface area contributed by atoms with Gasteiger partial charge in [-0.3, -0.25) is 15.0 Å². The Kier molecular flexibility index (Phi) is 8.05. The summed E-state index contributed by atoms with van der Waals surface area (Å²) >= 11 is 0. The number of alkyl halides is 3. The van der Waals surface area contributed by atoms with Crippen molar-refractivity contribution in [2.75, 3.05) is 13.2 Å². The van der Waals surface area contributed by atoms with Crippen LogP contribution in [0.15, 0.2) is 72.8 Å². The molecule has 0 bridgehead atoms. The van der Waals surface area contributed by atoms with Crippen LogP contribution in [0.25, 0.3) is 0 Å². The largest absolute Gasteiger partial charge is 0.492 e. The molecule has 0 aliphatic rings. The van der Waals surface area contributed by atoms with Crippen molar-refractivity contribution in [2.45, 2.75) is 6.18 Å². The van der Waals surface area contributed by atoms with Crippen LogP contribution in [0.5, 0.6) is 11.5 Å². The van der Waals surface area contributed by atoms with E-state index < -0.39 is 29.6 Å². The zero-order valence-electron chi connectivity index (χ0n) is 18.6. The molecule has 1 amide bonds. The van der Waals surface area contributed by atoms with Gasteiger partial charge in [0.05, 0.1) is 12.1 Å². The Bertz CT molecular complexity index is 1290. The van der Waals surface area contributed by atoms with Gasteiger partial charge in [0.1, 0.15) is 23.9 Å². The molecule has 3 rings (SSSR count). The second-order valence-electron chi connectivity index (χ2n) is 7.34. The van der Waals surface area contributed by atoms with Crippen LogP contribution in [0.2, 0.25) is 0 Å². The Hall–Kier alpha value is -4.67. The molecule has 8 nitrogen and oxygen atoms in total. The van der Waals surface area contributed by atoms with Gasteiger partial charge in [0, 0.05) is 16.7 Å². The standard InChI is InChI=1S/C25H20F3N3O5/c26-25(27,28)24(34)36-20-14-16(21(32)15-5-2-1-3-6-15)9-10-19(20)23(33)31-11-12-35-18-8-4-7-17(13-18)22(29)30/h1-10,13-14H,11-12H2,(H3,29,30)(H,31,33). The lowest BCUT2D eigenvalue weighted by Crippen LogP contribution is -2.31. The molecule has 3 aromatic rings. The van der Waals surface area contributed by atoms with E-state index >= 15 is 0 Å². The maximum absolute atomic E-state index is 12.8. The number of benzene rings is 3. The zero-order chi connectivity index (χ0) is 26.3. The average molecular weight is 499 g/mol. The fourth-order valence-corrected chi connectivity index (χ4v) is 3.03. The van der Waals surface area contributed by atoms with Crippen LogP contribution in [0.4, 0.5) is 13.2 Å². The van der Waals surface area contributed by atoms with Crippen molar-refractivity contribution in [1.82, 2.24) is 5.32 Å². The molecule has 0 radical (unpaired) electrons. The van der Waals surface area contributed by atoms with Crippen LogP contribution >= 0.6 is 0 Å². The molecule has 36 heavy (non-hydrogen) atoms. The summed E-state index contributed by atoms with van der Waals surface area (Å²) in [5, 5.41) is 9.88. The van der Waals surface area contributed by atoms with Gasteiger partial charge in [0.25, 0.3) is 5.91 Å². The van der Waals surface area contributed by atoms with Crippen LogP contribution in [0.3, 0.4) is 0 Å². The lowest BCUT2D eigenvalue weighted by Gasteiger charge is -2.13. The first-order valence-corrected chi connectivity index (χ1v) is 10.4. The molecule has 0 fully saturated rings. The summed E-state index contributed by atoms with van der Waals surface area (Å²) < 4.78 is 48.3. The lowest BCUT2D eigenvalue weighted by atomic mass is 10.0. The fourth-order valence-electron chi connectivity index (χ4n) is 3.03. The number of nitrogens with one attached hydrogen (secondary N) is 2. The van der Waals surface area contributed by atoms with Crippen LogP contribution in [0.1, 0.15) is 31.8 Å². The number of nitrogens with two attached hydrogens (primary N) is 1. The molecule has 0 aliphatic carbocycles. The van der Waals surface area contributed by atoms with Gasteiger partial charge in [0.15, 0.2) is 5.78 Å². The molecule has 0 heterocycles. The minimum atomic E-state index is -5.31. The molecule has 0 saturated heterocycles. The van der Waals surface area contributed by atoms with Crippen molar-refractivity contribution in [3.63, 3.8) is 0 Å². The highest BCUT2D eigenvalue weighted by Gasteiger charge is 2.42. The number of carbonyl (C=O) groups excluding carboxylic acids is 3.